The van der Waals surface area contributed by atoms with Crippen molar-refractivity contribution in [3.8, 4) is 0 Å². The number of nitrogens with zero attached hydrogens (tertiary/aromatic N) is 3. The zero-order valence-corrected chi connectivity index (χ0v) is 17.7. The van der Waals surface area contributed by atoms with Gasteiger partial charge in [0.2, 0.25) is 5.91 Å². The lowest BCUT2D eigenvalue weighted by atomic mass is 10.1. The summed E-state index contributed by atoms with van der Waals surface area (Å²) >= 11 is 1.27. The predicted molar refractivity (Wildman–Crippen MR) is 115 cm³/mol. The highest BCUT2D eigenvalue weighted by molar-refractivity contribution is 7.99. The Bertz CT molecular complexity index is 1040. The van der Waals surface area contributed by atoms with E-state index >= 15 is 0 Å². The number of rotatable bonds is 9. The SMILES string of the molecule is C=CCn1c(CNC(=O)c2ccco2)nnc1SCC(=O)Nc1ccc(C)cc1C. The van der Waals surface area contributed by atoms with Crippen molar-refractivity contribution in [1.82, 2.24) is 20.1 Å². The van der Waals surface area contributed by atoms with Crippen LogP contribution in [0.1, 0.15) is 27.5 Å². The molecule has 156 valence electrons. The second kappa shape index (κ2) is 9.93. The van der Waals surface area contributed by atoms with Gasteiger partial charge in [-0.05, 0) is 37.6 Å². The third kappa shape index (κ3) is 5.38. The van der Waals surface area contributed by atoms with Gasteiger partial charge in [-0.25, -0.2) is 0 Å². The fraction of sp³-hybridized carbons (Fsp3) is 0.238. The maximum absolute atomic E-state index is 12.4. The summed E-state index contributed by atoms with van der Waals surface area (Å²) in [5, 5.41) is 14.5. The average molecular weight is 426 g/mol. The third-order valence-corrected chi connectivity index (χ3v) is 5.21. The topological polar surface area (TPSA) is 102 Å². The van der Waals surface area contributed by atoms with E-state index in [2.05, 4.69) is 27.4 Å². The average Bonchev–Trinajstić information content (AvgIpc) is 3.38. The Morgan fingerprint density at radius 2 is 2.10 bits per heavy atom. The van der Waals surface area contributed by atoms with E-state index in [1.54, 1.807) is 18.2 Å². The Hall–Kier alpha value is -3.33. The van der Waals surface area contributed by atoms with Crippen LogP contribution in [0.5, 0.6) is 0 Å². The summed E-state index contributed by atoms with van der Waals surface area (Å²) < 4.78 is 6.89. The highest BCUT2D eigenvalue weighted by Crippen LogP contribution is 2.20. The molecule has 0 aliphatic heterocycles. The molecule has 9 heteroatoms. The lowest BCUT2D eigenvalue weighted by Crippen LogP contribution is -2.24. The van der Waals surface area contributed by atoms with E-state index in [0.717, 1.165) is 16.8 Å². The largest absolute Gasteiger partial charge is 0.459 e. The Balaban J connectivity index is 1.60. The number of aromatic nitrogens is 3. The molecule has 30 heavy (non-hydrogen) atoms. The fourth-order valence-electron chi connectivity index (χ4n) is 2.79. The number of carbonyl (C=O) groups excluding carboxylic acids is 2. The smallest absolute Gasteiger partial charge is 0.287 e. The number of amides is 2. The molecule has 3 aromatic rings. The van der Waals surface area contributed by atoms with Crippen molar-refractivity contribution < 1.29 is 14.0 Å². The molecule has 0 fully saturated rings. The van der Waals surface area contributed by atoms with Gasteiger partial charge < -0.3 is 19.6 Å². The molecule has 2 heterocycles. The van der Waals surface area contributed by atoms with Crippen LogP contribution in [0.2, 0.25) is 0 Å². The first-order valence-corrected chi connectivity index (χ1v) is 10.3. The quantitative estimate of drug-likeness (QED) is 0.403. The second-order valence-electron chi connectivity index (χ2n) is 6.61. The number of hydrogen-bond acceptors (Lipinski definition) is 6. The molecule has 2 aromatic heterocycles. The number of furan rings is 1. The summed E-state index contributed by atoms with van der Waals surface area (Å²) in [5.41, 5.74) is 2.95. The first kappa shape index (κ1) is 21.4. The molecular formula is C21H23N5O3S. The molecule has 2 amide bonds. The van der Waals surface area contributed by atoms with Crippen molar-refractivity contribution in [3.63, 3.8) is 0 Å². The van der Waals surface area contributed by atoms with Crippen molar-refractivity contribution in [2.45, 2.75) is 32.1 Å². The van der Waals surface area contributed by atoms with Crippen LogP contribution in [0.25, 0.3) is 0 Å². The number of anilines is 1. The van der Waals surface area contributed by atoms with E-state index in [4.69, 9.17) is 4.42 Å². The third-order valence-electron chi connectivity index (χ3n) is 4.25. The Kier molecular flexibility index (Phi) is 7.08. The van der Waals surface area contributed by atoms with Gasteiger partial charge in [0, 0.05) is 12.2 Å². The van der Waals surface area contributed by atoms with Crippen molar-refractivity contribution in [2.24, 2.45) is 0 Å². The predicted octanol–water partition coefficient (Wildman–Crippen LogP) is 3.33. The van der Waals surface area contributed by atoms with E-state index in [9.17, 15) is 9.59 Å². The van der Waals surface area contributed by atoms with Crippen molar-refractivity contribution >= 4 is 29.3 Å². The lowest BCUT2D eigenvalue weighted by molar-refractivity contribution is -0.113. The fourth-order valence-corrected chi connectivity index (χ4v) is 3.56. The van der Waals surface area contributed by atoms with Crippen LogP contribution in [-0.2, 0) is 17.9 Å². The second-order valence-corrected chi connectivity index (χ2v) is 7.56. The molecule has 8 nitrogen and oxygen atoms in total. The molecule has 2 N–H and O–H groups in total. The zero-order chi connectivity index (χ0) is 21.5. The van der Waals surface area contributed by atoms with Gasteiger partial charge in [-0.3, -0.25) is 9.59 Å². The summed E-state index contributed by atoms with van der Waals surface area (Å²) in [7, 11) is 0. The van der Waals surface area contributed by atoms with Crippen molar-refractivity contribution in [2.75, 3.05) is 11.1 Å². The van der Waals surface area contributed by atoms with Crippen molar-refractivity contribution in [3.05, 3.63) is 72.0 Å². The first-order chi connectivity index (χ1) is 14.5. The maximum atomic E-state index is 12.4. The molecule has 0 bridgehead atoms. The maximum Gasteiger partial charge on any atom is 0.287 e. The highest BCUT2D eigenvalue weighted by atomic mass is 32.2. The van der Waals surface area contributed by atoms with Gasteiger partial charge in [0.15, 0.2) is 16.7 Å². The number of aryl methyl sites for hydroxylation is 2. The lowest BCUT2D eigenvalue weighted by Gasteiger charge is -2.10. The Morgan fingerprint density at radius 3 is 2.80 bits per heavy atom. The molecule has 0 atom stereocenters. The van der Waals surface area contributed by atoms with E-state index in [1.165, 1.54) is 18.0 Å². The first-order valence-electron chi connectivity index (χ1n) is 9.32. The van der Waals surface area contributed by atoms with E-state index in [1.807, 2.05) is 36.6 Å². The normalized spacial score (nSPS) is 10.6. The molecule has 0 saturated carbocycles. The van der Waals surface area contributed by atoms with Gasteiger partial charge in [-0.15, -0.1) is 16.8 Å². The number of hydrogen-bond donors (Lipinski definition) is 2. The molecule has 0 spiro atoms. The van der Waals surface area contributed by atoms with Crippen LogP contribution in [0.15, 0.2) is 58.8 Å². The van der Waals surface area contributed by atoms with Crippen LogP contribution in [0.3, 0.4) is 0 Å². The number of thioether (sulfide) groups is 1. The number of nitrogens with one attached hydrogen (secondary N) is 2. The molecule has 1 aromatic carbocycles. The van der Waals surface area contributed by atoms with Crippen LogP contribution in [-0.4, -0.2) is 32.3 Å². The standard InChI is InChI=1S/C21H23N5O3S/c1-4-9-26-18(12-22-20(28)17-6-5-10-29-17)24-25-21(26)30-13-19(27)23-16-8-7-14(2)11-15(16)3/h4-8,10-11H,1,9,12-13H2,2-3H3,(H,22,28)(H,23,27). The summed E-state index contributed by atoms with van der Waals surface area (Å²) in [6, 6.07) is 9.10. The van der Waals surface area contributed by atoms with E-state index < -0.39 is 0 Å². The van der Waals surface area contributed by atoms with Crippen LogP contribution < -0.4 is 10.6 Å². The van der Waals surface area contributed by atoms with Gasteiger partial charge >= 0.3 is 0 Å². The minimum atomic E-state index is -0.338. The molecule has 3 rings (SSSR count). The highest BCUT2D eigenvalue weighted by Gasteiger charge is 2.16. The molecule has 0 aliphatic carbocycles. The molecule has 0 unspecified atom stereocenters. The molecule has 0 aliphatic rings. The number of benzene rings is 1. The summed E-state index contributed by atoms with van der Waals surface area (Å²) in [5.74, 6) is 0.499. The minimum absolute atomic E-state index is 0.132. The molecule has 0 radical (unpaired) electrons. The van der Waals surface area contributed by atoms with Crippen LogP contribution in [0.4, 0.5) is 5.69 Å². The van der Waals surface area contributed by atoms with Gasteiger partial charge in [-0.1, -0.05) is 35.5 Å². The van der Waals surface area contributed by atoms with Gasteiger partial charge in [0.25, 0.3) is 5.91 Å². The van der Waals surface area contributed by atoms with Crippen LogP contribution >= 0.6 is 11.8 Å². The number of allylic oxidation sites excluding steroid dienone is 1. The summed E-state index contributed by atoms with van der Waals surface area (Å²) in [6.45, 7) is 8.36. The van der Waals surface area contributed by atoms with Crippen molar-refractivity contribution in [1.29, 1.82) is 0 Å². The van der Waals surface area contributed by atoms with E-state index in [0.29, 0.717) is 17.5 Å². The van der Waals surface area contributed by atoms with Crippen LogP contribution in [0, 0.1) is 13.8 Å². The number of carbonyl (C=O) groups is 2. The zero-order valence-electron chi connectivity index (χ0n) is 16.8. The Labute approximate surface area is 178 Å². The minimum Gasteiger partial charge on any atom is -0.459 e. The molecule has 0 saturated heterocycles. The monoisotopic (exact) mass is 425 g/mol. The summed E-state index contributed by atoms with van der Waals surface area (Å²) in [6.07, 6.45) is 3.15. The van der Waals surface area contributed by atoms with Gasteiger partial charge in [0.1, 0.15) is 0 Å². The van der Waals surface area contributed by atoms with E-state index in [-0.39, 0.29) is 29.9 Å². The van der Waals surface area contributed by atoms with Gasteiger partial charge in [-0.2, -0.15) is 0 Å². The Morgan fingerprint density at radius 1 is 1.27 bits per heavy atom. The molecular weight excluding hydrogens is 402 g/mol. The summed E-state index contributed by atoms with van der Waals surface area (Å²) in [4.78, 5) is 24.4. The van der Waals surface area contributed by atoms with Gasteiger partial charge in [0.05, 0.1) is 18.6 Å².